The smallest absolute Gasteiger partial charge is 0.136 e. The Morgan fingerprint density at radius 1 is 1.08 bits per heavy atom. The fourth-order valence-electron chi connectivity index (χ4n) is 2.75. The molecular formula is C11H16O. The summed E-state index contributed by atoms with van der Waals surface area (Å²) >= 11 is 0. The van der Waals surface area contributed by atoms with E-state index in [1.165, 1.54) is 32.1 Å². The van der Waals surface area contributed by atoms with Crippen LogP contribution in [-0.4, -0.2) is 5.78 Å². The first kappa shape index (κ1) is 7.11. The van der Waals surface area contributed by atoms with Gasteiger partial charge in [-0.15, -0.1) is 0 Å². The van der Waals surface area contributed by atoms with Crippen molar-refractivity contribution in [3.05, 3.63) is 0 Å². The fraction of sp³-hybridized carbons (Fsp3) is 0.909. The minimum absolute atomic E-state index is 0.495. The van der Waals surface area contributed by atoms with Crippen LogP contribution in [0.15, 0.2) is 0 Å². The van der Waals surface area contributed by atoms with Crippen LogP contribution in [-0.2, 0) is 4.79 Å². The van der Waals surface area contributed by atoms with Crippen molar-refractivity contribution in [3.63, 3.8) is 0 Å². The van der Waals surface area contributed by atoms with Gasteiger partial charge in [-0.25, -0.2) is 0 Å². The number of fused-ring (bicyclic) bond motifs is 1. The summed E-state index contributed by atoms with van der Waals surface area (Å²) in [5, 5.41) is 0. The van der Waals surface area contributed by atoms with Gasteiger partial charge in [0.15, 0.2) is 0 Å². The quantitative estimate of drug-likeness (QED) is 0.626. The van der Waals surface area contributed by atoms with Crippen LogP contribution in [0.1, 0.15) is 38.5 Å². The van der Waals surface area contributed by atoms with Gasteiger partial charge in [0.2, 0.25) is 0 Å². The lowest BCUT2D eigenvalue weighted by Gasteiger charge is -2.08. The van der Waals surface area contributed by atoms with E-state index < -0.39 is 0 Å². The van der Waals surface area contributed by atoms with Crippen molar-refractivity contribution in [2.75, 3.05) is 0 Å². The lowest BCUT2D eigenvalue weighted by Crippen LogP contribution is -2.12. The molecule has 0 saturated heterocycles. The van der Waals surface area contributed by atoms with Crippen molar-refractivity contribution in [2.45, 2.75) is 38.5 Å². The molecule has 0 amide bonds. The zero-order chi connectivity index (χ0) is 8.13. The highest BCUT2D eigenvalue weighted by molar-refractivity contribution is 5.82. The van der Waals surface area contributed by atoms with E-state index in [1.807, 2.05) is 0 Å². The Kier molecular flexibility index (Phi) is 1.38. The van der Waals surface area contributed by atoms with Crippen LogP contribution in [0.4, 0.5) is 0 Å². The van der Waals surface area contributed by atoms with Crippen molar-refractivity contribution < 1.29 is 4.79 Å². The molecule has 0 aromatic rings. The lowest BCUT2D eigenvalue weighted by atomic mass is 9.95. The molecule has 3 rings (SSSR count). The maximum absolute atomic E-state index is 11.7. The van der Waals surface area contributed by atoms with Crippen molar-refractivity contribution in [1.82, 2.24) is 0 Å². The molecule has 2 atom stereocenters. The highest BCUT2D eigenvalue weighted by atomic mass is 16.1. The SMILES string of the molecule is O=C(CC1CC1)C1CC2CC2C1. The van der Waals surface area contributed by atoms with Crippen molar-refractivity contribution in [2.24, 2.45) is 23.7 Å². The molecule has 0 heterocycles. The summed E-state index contributed by atoms with van der Waals surface area (Å²) in [6.45, 7) is 0. The fourth-order valence-corrected chi connectivity index (χ4v) is 2.75. The molecular weight excluding hydrogens is 148 g/mol. The Morgan fingerprint density at radius 3 is 2.33 bits per heavy atom. The van der Waals surface area contributed by atoms with Gasteiger partial charge in [-0.05, 0) is 49.9 Å². The number of carbonyl (C=O) groups excluding carboxylic acids is 1. The molecule has 0 bridgehead atoms. The second-order valence-corrected chi connectivity index (χ2v) is 5.04. The molecule has 66 valence electrons. The number of carbonyl (C=O) groups is 1. The number of hydrogen-bond donors (Lipinski definition) is 0. The molecule has 3 aliphatic carbocycles. The molecule has 0 N–H and O–H groups in total. The van der Waals surface area contributed by atoms with Gasteiger partial charge in [0.05, 0.1) is 0 Å². The summed E-state index contributed by atoms with van der Waals surface area (Å²) in [6, 6.07) is 0. The first-order valence-corrected chi connectivity index (χ1v) is 5.35. The van der Waals surface area contributed by atoms with Gasteiger partial charge in [0, 0.05) is 12.3 Å². The monoisotopic (exact) mass is 164 g/mol. The third-order valence-electron chi connectivity index (χ3n) is 3.89. The number of ketones is 1. The summed E-state index contributed by atoms with van der Waals surface area (Å²) in [5.41, 5.74) is 0. The minimum atomic E-state index is 0.495. The third-order valence-corrected chi connectivity index (χ3v) is 3.89. The van der Waals surface area contributed by atoms with Gasteiger partial charge in [0.25, 0.3) is 0 Å². The molecule has 3 fully saturated rings. The van der Waals surface area contributed by atoms with E-state index >= 15 is 0 Å². The summed E-state index contributed by atoms with van der Waals surface area (Å²) in [7, 11) is 0. The van der Waals surface area contributed by atoms with E-state index in [4.69, 9.17) is 0 Å². The number of rotatable bonds is 3. The predicted molar refractivity (Wildman–Crippen MR) is 46.7 cm³/mol. The van der Waals surface area contributed by atoms with Crippen molar-refractivity contribution >= 4 is 5.78 Å². The highest BCUT2D eigenvalue weighted by Crippen LogP contribution is 2.55. The van der Waals surface area contributed by atoms with Crippen LogP contribution in [0.3, 0.4) is 0 Å². The predicted octanol–water partition coefficient (Wildman–Crippen LogP) is 2.40. The Bertz CT molecular complexity index is 207. The standard InChI is InChI=1S/C11H16O/c12-11(3-7-1-2-7)10-5-8-4-9(8)6-10/h7-10H,1-6H2. The molecule has 2 unspecified atom stereocenters. The third kappa shape index (κ3) is 1.19. The first-order valence-electron chi connectivity index (χ1n) is 5.35. The van der Waals surface area contributed by atoms with E-state index in [9.17, 15) is 4.79 Å². The second kappa shape index (κ2) is 2.34. The maximum Gasteiger partial charge on any atom is 0.136 e. The Morgan fingerprint density at radius 2 is 1.75 bits per heavy atom. The van der Waals surface area contributed by atoms with Gasteiger partial charge in [-0.3, -0.25) is 4.79 Å². The van der Waals surface area contributed by atoms with Crippen molar-refractivity contribution in [3.8, 4) is 0 Å². The van der Waals surface area contributed by atoms with Crippen LogP contribution in [0, 0.1) is 23.7 Å². The zero-order valence-electron chi connectivity index (χ0n) is 7.46. The Hall–Kier alpha value is -0.330. The van der Waals surface area contributed by atoms with Gasteiger partial charge >= 0.3 is 0 Å². The second-order valence-electron chi connectivity index (χ2n) is 5.04. The molecule has 3 aliphatic rings. The average Bonchev–Trinajstić information content (AvgIpc) is 2.95. The maximum atomic E-state index is 11.7. The van der Waals surface area contributed by atoms with E-state index in [0.29, 0.717) is 11.7 Å². The van der Waals surface area contributed by atoms with Crippen LogP contribution in [0.2, 0.25) is 0 Å². The van der Waals surface area contributed by atoms with Crippen LogP contribution >= 0.6 is 0 Å². The summed E-state index contributed by atoms with van der Waals surface area (Å²) < 4.78 is 0. The zero-order valence-corrected chi connectivity index (χ0v) is 7.46. The van der Waals surface area contributed by atoms with Gasteiger partial charge in [-0.2, -0.15) is 0 Å². The molecule has 3 saturated carbocycles. The van der Waals surface area contributed by atoms with E-state index in [-0.39, 0.29) is 0 Å². The van der Waals surface area contributed by atoms with Gasteiger partial charge in [-0.1, -0.05) is 0 Å². The average molecular weight is 164 g/mol. The summed E-state index contributed by atoms with van der Waals surface area (Å²) in [4.78, 5) is 11.7. The molecule has 0 aliphatic heterocycles. The Balaban J connectivity index is 1.54. The van der Waals surface area contributed by atoms with E-state index in [1.54, 1.807) is 0 Å². The number of hydrogen-bond acceptors (Lipinski definition) is 1. The normalized spacial score (nSPS) is 44.2. The largest absolute Gasteiger partial charge is 0.299 e. The molecule has 0 radical (unpaired) electrons. The van der Waals surface area contributed by atoms with Gasteiger partial charge < -0.3 is 0 Å². The molecule has 0 aromatic carbocycles. The molecule has 0 aromatic heterocycles. The van der Waals surface area contributed by atoms with E-state index in [2.05, 4.69) is 0 Å². The molecule has 12 heavy (non-hydrogen) atoms. The first-order chi connectivity index (χ1) is 5.83. The summed E-state index contributed by atoms with van der Waals surface area (Å²) in [6.07, 6.45) is 7.50. The molecule has 0 spiro atoms. The summed E-state index contributed by atoms with van der Waals surface area (Å²) in [5.74, 6) is 3.84. The van der Waals surface area contributed by atoms with Crippen LogP contribution < -0.4 is 0 Å². The lowest BCUT2D eigenvalue weighted by molar-refractivity contribution is -0.123. The van der Waals surface area contributed by atoms with Crippen molar-refractivity contribution in [1.29, 1.82) is 0 Å². The van der Waals surface area contributed by atoms with Gasteiger partial charge in [0.1, 0.15) is 5.78 Å². The molecule has 1 heteroatoms. The van der Waals surface area contributed by atoms with Crippen LogP contribution in [0.5, 0.6) is 0 Å². The Labute approximate surface area is 73.5 Å². The topological polar surface area (TPSA) is 17.1 Å². The van der Waals surface area contributed by atoms with E-state index in [0.717, 1.165) is 24.2 Å². The minimum Gasteiger partial charge on any atom is -0.299 e. The number of Topliss-reactive ketones (excluding diaryl/α,β-unsaturated/α-hetero) is 1. The van der Waals surface area contributed by atoms with Crippen LogP contribution in [0.25, 0.3) is 0 Å². The highest BCUT2D eigenvalue weighted by Gasteiger charge is 2.48. The molecule has 1 nitrogen and oxygen atoms in total.